The molecule has 0 heterocycles. The normalized spacial score (nSPS) is 25.3. The summed E-state index contributed by atoms with van der Waals surface area (Å²) in [5.74, 6) is 1.15. The summed E-state index contributed by atoms with van der Waals surface area (Å²) < 4.78 is 13.6. The number of benzene rings is 1. The largest absolute Gasteiger partial charge is 0.327 e. The first-order valence-electron chi connectivity index (χ1n) is 6.79. The van der Waals surface area contributed by atoms with Crippen LogP contribution in [0.25, 0.3) is 0 Å². The Hall–Kier alpha value is -0.600. The van der Waals surface area contributed by atoms with Crippen LogP contribution in [0.15, 0.2) is 18.2 Å². The first-order chi connectivity index (χ1) is 8.60. The zero-order valence-electron chi connectivity index (χ0n) is 10.8. The number of rotatable bonds is 4. The smallest absolute Gasteiger partial charge is 0.126 e. The van der Waals surface area contributed by atoms with Gasteiger partial charge >= 0.3 is 0 Å². The Morgan fingerprint density at radius 2 is 2.22 bits per heavy atom. The molecule has 3 heteroatoms. The molecule has 0 amide bonds. The van der Waals surface area contributed by atoms with Crippen LogP contribution in [0.1, 0.15) is 38.2 Å². The van der Waals surface area contributed by atoms with E-state index in [9.17, 15) is 4.39 Å². The van der Waals surface area contributed by atoms with E-state index < -0.39 is 0 Å². The van der Waals surface area contributed by atoms with Crippen molar-refractivity contribution in [3.8, 4) is 0 Å². The molecular formula is C15H21ClFN. The minimum Gasteiger partial charge on any atom is -0.327 e. The van der Waals surface area contributed by atoms with E-state index in [0.29, 0.717) is 22.9 Å². The van der Waals surface area contributed by atoms with Gasteiger partial charge in [-0.1, -0.05) is 31.4 Å². The van der Waals surface area contributed by atoms with Gasteiger partial charge in [-0.05, 0) is 54.9 Å². The summed E-state index contributed by atoms with van der Waals surface area (Å²) in [5, 5.41) is 0.580. The predicted molar refractivity (Wildman–Crippen MR) is 74.2 cm³/mol. The zero-order valence-corrected chi connectivity index (χ0v) is 11.6. The van der Waals surface area contributed by atoms with Crippen LogP contribution < -0.4 is 5.73 Å². The maximum absolute atomic E-state index is 13.6. The van der Waals surface area contributed by atoms with Gasteiger partial charge in [0.2, 0.25) is 0 Å². The number of nitrogens with two attached hydrogens (primary N) is 1. The van der Waals surface area contributed by atoms with Gasteiger partial charge in [0.05, 0.1) is 0 Å². The third kappa shape index (κ3) is 3.24. The maximum atomic E-state index is 13.6. The summed E-state index contributed by atoms with van der Waals surface area (Å²) in [6.45, 7) is 2.23. The molecule has 1 aromatic rings. The highest BCUT2D eigenvalue weighted by Gasteiger charge is 2.28. The Kier molecular flexibility index (Phi) is 4.63. The van der Waals surface area contributed by atoms with Crippen LogP contribution in [-0.4, -0.2) is 6.04 Å². The van der Waals surface area contributed by atoms with Crippen LogP contribution >= 0.6 is 11.6 Å². The van der Waals surface area contributed by atoms with Crippen LogP contribution in [0.2, 0.25) is 5.02 Å². The molecule has 1 saturated carbocycles. The highest BCUT2D eigenvalue weighted by Crippen LogP contribution is 2.35. The van der Waals surface area contributed by atoms with Crippen molar-refractivity contribution in [1.82, 2.24) is 0 Å². The topological polar surface area (TPSA) is 26.0 Å². The van der Waals surface area contributed by atoms with Crippen molar-refractivity contribution in [3.05, 3.63) is 34.6 Å². The molecule has 3 unspecified atom stereocenters. The lowest BCUT2D eigenvalue weighted by molar-refractivity contribution is 0.401. The minimum absolute atomic E-state index is 0.0505. The van der Waals surface area contributed by atoms with Gasteiger partial charge in [0.1, 0.15) is 5.82 Å². The Labute approximate surface area is 114 Å². The Balaban J connectivity index is 1.98. The molecule has 1 nitrogen and oxygen atoms in total. The average Bonchev–Trinajstić information content (AvgIpc) is 2.82. The van der Waals surface area contributed by atoms with E-state index in [4.69, 9.17) is 17.3 Å². The van der Waals surface area contributed by atoms with Crippen molar-refractivity contribution in [2.75, 3.05) is 0 Å². The third-order valence-corrected chi connectivity index (χ3v) is 4.46. The summed E-state index contributed by atoms with van der Waals surface area (Å²) in [4.78, 5) is 0. The molecule has 1 fully saturated rings. The van der Waals surface area contributed by atoms with E-state index >= 15 is 0 Å². The van der Waals surface area contributed by atoms with Crippen molar-refractivity contribution < 1.29 is 4.39 Å². The lowest BCUT2D eigenvalue weighted by Crippen LogP contribution is -2.31. The molecule has 2 N–H and O–H groups in total. The molecule has 3 atom stereocenters. The number of halogens is 2. The van der Waals surface area contributed by atoms with Crippen LogP contribution in [0.3, 0.4) is 0 Å². The van der Waals surface area contributed by atoms with E-state index in [1.54, 1.807) is 12.1 Å². The monoisotopic (exact) mass is 269 g/mol. The molecule has 1 aliphatic rings. The van der Waals surface area contributed by atoms with E-state index in [1.807, 2.05) is 0 Å². The highest BCUT2D eigenvalue weighted by atomic mass is 35.5. The lowest BCUT2D eigenvalue weighted by Gasteiger charge is -2.19. The first-order valence-corrected chi connectivity index (χ1v) is 7.17. The first kappa shape index (κ1) is 13.8. The summed E-state index contributed by atoms with van der Waals surface area (Å²) in [7, 11) is 0. The van der Waals surface area contributed by atoms with Crippen molar-refractivity contribution >= 4 is 11.6 Å². The van der Waals surface area contributed by atoms with Crippen LogP contribution in [0, 0.1) is 17.7 Å². The van der Waals surface area contributed by atoms with E-state index in [0.717, 1.165) is 5.92 Å². The van der Waals surface area contributed by atoms with Gasteiger partial charge in [0, 0.05) is 11.1 Å². The fraction of sp³-hybridized carbons (Fsp3) is 0.600. The average molecular weight is 270 g/mol. The second kappa shape index (κ2) is 6.03. The summed E-state index contributed by atoms with van der Waals surface area (Å²) in [6, 6.07) is 4.75. The van der Waals surface area contributed by atoms with E-state index in [1.165, 1.54) is 31.7 Å². The second-order valence-corrected chi connectivity index (χ2v) is 5.89. The molecular weight excluding hydrogens is 249 g/mol. The number of hydrogen-bond donors (Lipinski definition) is 1. The Bertz CT molecular complexity index is 407. The molecule has 0 aliphatic heterocycles. The minimum atomic E-state index is -0.195. The van der Waals surface area contributed by atoms with Crippen molar-refractivity contribution in [2.24, 2.45) is 17.6 Å². The molecule has 1 aliphatic carbocycles. The quantitative estimate of drug-likeness (QED) is 0.872. The molecule has 18 heavy (non-hydrogen) atoms. The van der Waals surface area contributed by atoms with Crippen molar-refractivity contribution in [2.45, 2.75) is 45.1 Å². The number of hydrogen-bond acceptors (Lipinski definition) is 1. The molecule has 2 rings (SSSR count). The van der Waals surface area contributed by atoms with Crippen LogP contribution in [-0.2, 0) is 6.42 Å². The molecule has 1 aromatic carbocycles. The fourth-order valence-electron chi connectivity index (χ4n) is 2.99. The van der Waals surface area contributed by atoms with Crippen LogP contribution in [0.5, 0.6) is 0 Å². The highest BCUT2D eigenvalue weighted by molar-refractivity contribution is 6.30. The molecule has 0 aromatic heterocycles. The van der Waals surface area contributed by atoms with Gasteiger partial charge in [-0.25, -0.2) is 4.39 Å². The predicted octanol–water partition coefficient (Wildman–Crippen LogP) is 4.18. The molecule has 0 saturated heterocycles. The third-order valence-electron chi connectivity index (χ3n) is 4.23. The standard InChI is InChI=1S/C15H21ClFN/c1-2-10-3-4-11(7-10)15(18)9-12-8-13(16)5-6-14(12)17/h5-6,8,10-11,15H,2-4,7,9,18H2,1H3. The summed E-state index contributed by atoms with van der Waals surface area (Å²) in [5.41, 5.74) is 6.89. The van der Waals surface area contributed by atoms with Crippen molar-refractivity contribution in [1.29, 1.82) is 0 Å². The Morgan fingerprint density at radius 1 is 1.44 bits per heavy atom. The fourth-order valence-corrected chi connectivity index (χ4v) is 3.19. The van der Waals surface area contributed by atoms with Gasteiger partial charge in [0.15, 0.2) is 0 Å². The summed E-state index contributed by atoms with van der Waals surface area (Å²) in [6.07, 6.45) is 5.47. The second-order valence-electron chi connectivity index (χ2n) is 5.45. The van der Waals surface area contributed by atoms with Gasteiger partial charge in [-0.15, -0.1) is 0 Å². The molecule has 0 spiro atoms. The maximum Gasteiger partial charge on any atom is 0.126 e. The van der Waals surface area contributed by atoms with Gasteiger partial charge in [0.25, 0.3) is 0 Å². The van der Waals surface area contributed by atoms with Gasteiger partial charge < -0.3 is 5.73 Å². The molecule has 0 bridgehead atoms. The lowest BCUT2D eigenvalue weighted by atomic mass is 9.91. The van der Waals surface area contributed by atoms with Gasteiger partial charge in [-0.2, -0.15) is 0 Å². The van der Waals surface area contributed by atoms with E-state index in [2.05, 4.69) is 6.92 Å². The zero-order chi connectivity index (χ0) is 13.1. The SMILES string of the molecule is CCC1CCC(C(N)Cc2cc(Cl)ccc2F)C1. The Morgan fingerprint density at radius 3 is 2.89 bits per heavy atom. The molecule has 0 radical (unpaired) electrons. The van der Waals surface area contributed by atoms with Crippen molar-refractivity contribution in [3.63, 3.8) is 0 Å². The van der Waals surface area contributed by atoms with Crippen LogP contribution in [0.4, 0.5) is 4.39 Å². The van der Waals surface area contributed by atoms with Gasteiger partial charge in [-0.3, -0.25) is 0 Å². The summed E-state index contributed by atoms with van der Waals surface area (Å²) >= 11 is 5.90. The van der Waals surface area contributed by atoms with E-state index in [-0.39, 0.29) is 11.9 Å². The molecule has 100 valence electrons.